The van der Waals surface area contributed by atoms with Crippen molar-refractivity contribution in [2.24, 2.45) is 7.05 Å². The molecule has 102 valence electrons. The molecule has 2 aromatic rings. The molecule has 1 fully saturated rings. The molecule has 2 heterocycles. The molecule has 1 saturated heterocycles. The van der Waals surface area contributed by atoms with E-state index in [-0.39, 0.29) is 12.3 Å². The lowest BCUT2D eigenvalue weighted by Crippen LogP contribution is -2.49. The number of nitrogens with zero attached hydrogens (tertiary/aromatic N) is 2. The highest BCUT2D eigenvalue weighted by Crippen LogP contribution is 2.30. The summed E-state index contributed by atoms with van der Waals surface area (Å²) in [6.45, 7) is 0.339. The number of aromatic nitrogens is 1. The largest absolute Gasteiger partial charge is 0.349 e. The Morgan fingerprint density at radius 1 is 1.25 bits per heavy atom. The zero-order valence-electron chi connectivity index (χ0n) is 10.9. The fourth-order valence-electron chi connectivity index (χ4n) is 2.53. The predicted molar refractivity (Wildman–Crippen MR) is 73.8 cm³/mol. The van der Waals surface area contributed by atoms with Crippen LogP contribution in [0.5, 0.6) is 0 Å². The van der Waals surface area contributed by atoms with Crippen molar-refractivity contribution < 1.29 is 14.4 Å². The van der Waals surface area contributed by atoms with Gasteiger partial charge in [-0.25, -0.2) is 4.79 Å². The first-order valence-electron chi connectivity index (χ1n) is 6.26. The zero-order valence-corrected chi connectivity index (χ0v) is 10.9. The van der Waals surface area contributed by atoms with Gasteiger partial charge in [0.2, 0.25) is 5.91 Å². The quantitative estimate of drug-likeness (QED) is 0.840. The van der Waals surface area contributed by atoms with Gasteiger partial charge in [0.15, 0.2) is 6.29 Å². The van der Waals surface area contributed by atoms with E-state index in [4.69, 9.17) is 0 Å². The molecular formula is C14H13N3O3. The van der Waals surface area contributed by atoms with E-state index in [2.05, 4.69) is 5.32 Å². The molecule has 1 aliphatic heterocycles. The third-order valence-electron chi connectivity index (χ3n) is 3.52. The number of benzene rings is 1. The van der Waals surface area contributed by atoms with Crippen molar-refractivity contribution in [2.75, 3.05) is 11.4 Å². The minimum absolute atomic E-state index is 0.265. The Balaban J connectivity index is 2.17. The lowest BCUT2D eigenvalue weighted by molar-refractivity contribution is -0.120. The van der Waals surface area contributed by atoms with E-state index in [1.54, 1.807) is 12.1 Å². The molecule has 3 amide bonds. The molecule has 0 unspecified atom stereocenters. The van der Waals surface area contributed by atoms with Crippen LogP contribution in [-0.4, -0.2) is 29.3 Å². The summed E-state index contributed by atoms with van der Waals surface area (Å²) >= 11 is 0. The lowest BCUT2D eigenvalue weighted by atomic mass is 10.1. The van der Waals surface area contributed by atoms with Crippen molar-refractivity contribution in [1.82, 2.24) is 9.88 Å². The molecular weight excluding hydrogens is 258 g/mol. The number of fused-ring (bicyclic) bond motifs is 1. The van der Waals surface area contributed by atoms with Gasteiger partial charge < -0.3 is 4.57 Å². The normalized spacial score (nSPS) is 15.6. The number of urea groups is 1. The van der Waals surface area contributed by atoms with Gasteiger partial charge in [-0.2, -0.15) is 0 Å². The molecule has 3 rings (SSSR count). The smallest absolute Gasteiger partial charge is 0.328 e. The van der Waals surface area contributed by atoms with E-state index in [1.807, 2.05) is 23.9 Å². The number of anilines is 1. The van der Waals surface area contributed by atoms with Gasteiger partial charge in [-0.15, -0.1) is 0 Å². The van der Waals surface area contributed by atoms with Crippen LogP contribution in [0.2, 0.25) is 0 Å². The second kappa shape index (κ2) is 4.48. The molecule has 0 saturated carbocycles. The van der Waals surface area contributed by atoms with E-state index >= 15 is 0 Å². The molecule has 1 aliphatic rings. The first-order valence-corrected chi connectivity index (χ1v) is 6.26. The van der Waals surface area contributed by atoms with Gasteiger partial charge in [0.05, 0.1) is 11.2 Å². The van der Waals surface area contributed by atoms with Gasteiger partial charge in [-0.3, -0.25) is 19.8 Å². The highest BCUT2D eigenvalue weighted by atomic mass is 16.2. The van der Waals surface area contributed by atoms with Gasteiger partial charge in [0.25, 0.3) is 0 Å². The summed E-state index contributed by atoms with van der Waals surface area (Å²) in [6.07, 6.45) is 2.91. The maximum absolute atomic E-state index is 12.0. The van der Waals surface area contributed by atoms with Crippen molar-refractivity contribution in [3.8, 4) is 0 Å². The summed E-state index contributed by atoms with van der Waals surface area (Å²) in [6, 6.07) is 4.84. The van der Waals surface area contributed by atoms with Crippen LogP contribution in [-0.2, 0) is 11.8 Å². The third-order valence-corrected chi connectivity index (χ3v) is 3.52. The monoisotopic (exact) mass is 271 g/mol. The minimum atomic E-state index is -0.428. The van der Waals surface area contributed by atoms with Gasteiger partial charge in [-0.1, -0.05) is 0 Å². The maximum atomic E-state index is 12.0. The van der Waals surface area contributed by atoms with E-state index in [9.17, 15) is 14.4 Å². The Morgan fingerprint density at radius 2 is 2.05 bits per heavy atom. The van der Waals surface area contributed by atoms with Crippen LogP contribution >= 0.6 is 0 Å². The Kier molecular flexibility index (Phi) is 2.78. The summed E-state index contributed by atoms with van der Waals surface area (Å²) in [5.41, 5.74) is 2.08. The summed E-state index contributed by atoms with van der Waals surface area (Å²) in [7, 11) is 1.85. The van der Waals surface area contributed by atoms with Crippen molar-refractivity contribution in [2.45, 2.75) is 6.42 Å². The molecule has 0 bridgehead atoms. The summed E-state index contributed by atoms with van der Waals surface area (Å²) < 4.78 is 1.86. The van der Waals surface area contributed by atoms with E-state index in [1.165, 1.54) is 4.90 Å². The molecule has 0 aliphatic carbocycles. The molecule has 1 aromatic heterocycles. The van der Waals surface area contributed by atoms with Crippen molar-refractivity contribution >= 4 is 34.8 Å². The standard InChI is InChI=1S/C14H13N3O3/c1-16-6-4-10-9(8-18)2-3-11(13(10)16)17-7-5-12(19)15-14(17)20/h2-4,6,8H,5,7H2,1H3,(H,15,19,20). The van der Waals surface area contributed by atoms with Crippen LogP contribution in [0.3, 0.4) is 0 Å². The Hall–Kier alpha value is -2.63. The lowest BCUT2D eigenvalue weighted by Gasteiger charge is -2.27. The van der Waals surface area contributed by atoms with E-state index < -0.39 is 6.03 Å². The Morgan fingerprint density at radius 3 is 2.75 bits per heavy atom. The summed E-state index contributed by atoms with van der Waals surface area (Å²) in [4.78, 5) is 35.8. The van der Waals surface area contributed by atoms with Gasteiger partial charge in [0.1, 0.15) is 0 Å². The van der Waals surface area contributed by atoms with Gasteiger partial charge >= 0.3 is 6.03 Å². The van der Waals surface area contributed by atoms with Gasteiger partial charge in [-0.05, 0) is 18.2 Å². The fraction of sp³-hybridized carbons (Fsp3) is 0.214. The second-order valence-corrected chi connectivity index (χ2v) is 4.74. The maximum Gasteiger partial charge on any atom is 0.328 e. The third kappa shape index (κ3) is 1.77. The molecule has 0 radical (unpaired) electrons. The predicted octanol–water partition coefficient (Wildman–Crippen LogP) is 1.44. The number of hydrogen-bond acceptors (Lipinski definition) is 3. The zero-order chi connectivity index (χ0) is 14.3. The second-order valence-electron chi connectivity index (χ2n) is 4.74. The summed E-state index contributed by atoms with van der Waals surface area (Å²) in [5.74, 6) is -0.265. The van der Waals surface area contributed by atoms with Crippen molar-refractivity contribution in [1.29, 1.82) is 0 Å². The average Bonchev–Trinajstić information content (AvgIpc) is 2.81. The highest BCUT2D eigenvalue weighted by Gasteiger charge is 2.26. The van der Waals surface area contributed by atoms with Crippen LogP contribution in [0.25, 0.3) is 10.9 Å². The SMILES string of the molecule is Cn1ccc2c(C=O)ccc(N3CCC(=O)NC3=O)c21. The van der Waals surface area contributed by atoms with Crippen molar-refractivity contribution in [3.05, 3.63) is 30.0 Å². The number of hydrogen-bond donors (Lipinski definition) is 1. The number of imide groups is 1. The molecule has 6 heteroatoms. The van der Waals surface area contributed by atoms with Crippen LogP contribution in [0.4, 0.5) is 10.5 Å². The minimum Gasteiger partial charge on any atom is -0.349 e. The average molecular weight is 271 g/mol. The number of nitrogens with one attached hydrogen (secondary N) is 1. The fourth-order valence-corrected chi connectivity index (χ4v) is 2.53. The highest BCUT2D eigenvalue weighted by molar-refractivity contribution is 6.11. The molecule has 6 nitrogen and oxygen atoms in total. The van der Waals surface area contributed by atoms with Crippen molar-refractivity contribution in [3.63, 3.8) is 0 Å². The Bertz CT molecular complexity index is 733. The molecule has 0 atom stereocenters. The number of aryl methyl sites for hydroxylation is 1. The molecule has 1 N–H and O–H groups in total. The molecule has 1 aromatic carbocycles. The Labute approximate surface area is 115 Å². The van der Waals surface area contributed by atoms with E-state index in [0.29, 0.717) is 17.8 Å². The van der Waals surface area contributed by atoms with Crippen LogP contribution in [0.15, 0.2) is 24.4 Å². The van der Waals surface area contributed by atoms with Gasteiger partial charge in [0, 0.05) is 37.2 Å². The van der Waals surface area contributed by atoms with Crippen LogP contribution in [0, 0.1) is 0 Å². The number of amides is 3. The first kappa shape index (κ1) is 12.4. The first-order chi connectivity index (χ1) is 9.61. The van der Waals surface area contributed by atoms with Crippen LogP contribution in [0.1, 0.15) is 16.8 Å². The number of rotatable bonds is 2. The number of aldehydes is 1. The number of carbonyl (C=O) groups excluding carboxylic acids is 3. The molecule has 20 heavy (non-hydrogen) atoms. The molecule has 0 spiro atoms. The number of carbonyl (C=O) groups is 3. The topological polar surface area (TPSA) is 71.4 Å². The van der Waals surface area contributed by atoms with E-state index in [0.717, 1.165) is 17.2 Å². The summed E-state index contributed by atoms with van der Waals surface area (Å²) in [5, 5.41) is 3.10. The van der Waals surface area contributed by atoms with Crippen LogP contribution < -0.4 is 10.2 Å².